The van der Waals surface area contributed by atoms with Crippen LogP contribution in [0.25, 0.3) is 22.2 Å². The fraction of sp³-hybridized carbons (Fsp3) is 0.250. The highest BCUT2D eigenvalue weighted by Gasteiger charge is 2.16. The van der Waals surface area contributed by atoms with Crippen LogP contribution in [0.2, 0.25) is 5.02 Å². The lowest BCUT2D eigenvalue weighted by Crippen LogP contribution is -2.23. The number of hydrogen-bond donors (Lipinski definition) is 1. The van der Waals surface area contributed by atoms with Crippen molar-refractivity contribution in [2.24, 2.45) is 12.0 Å². The molecule has 0 bridgehead atoms. The fourth-order valence-corrected chi connectivity index (χ4v) is 3.28. The Morgan fingerprint density at radius 2 is 2.19 bits per heavy atom. The first-order chi connectivity index (χ1) is 13.0. The Morgan fingerprint density at radius 3 is 2.93 bits per heavy atom. The van der Waals surface area contributed by atoms with Crippen LogP contribution in [-0.2, 0) is 18.3 Å². The predicted octanol–water partition coefficient (Wildman–Crippen LogP) is 4.19. The molecular weight excluding hydrogens is 364 g/mol. The number of aromatic nitrogens is 2. The largest absolute Gasteiger partial charge is 0.450 e. The minimum Gasteiger partial charge on any atom is -0.450 e. The SMILES string of the molecule is CCOC(=O)NCc1cncc(-c2c(/C=N\C)c3ccc(Cl)cc3n2C)c1. The Morgan fingerprint density at radius 1 is 1.37 bits per heavy atom. The van der Waals surface area contributed by atoms with Gasteiger partial charge in [0.2, 0.25) is 0 Å². The van der Waals surface area contributed by atoms with Crippen molar-refractivity contribution in [3.8, 4) is 11.3 Å². The molecule has 2 aromatic heterocycles. The molecule has 0 atom stereocenters. The quantitative estimate of drug-likeness (QED) is 0.670. The van der Waals surface area contributed by atoms with Gasteiger partial charge in [0.15, 0.2) is 0 Å². The average molecular weight is 385 g/mol. The molecule has 7 heteroatoms. The molecule has 0 aliphatic heterocycles. The number of aliphatic imine (C=N–C) groups is 1. The van der Waals surface area contributed by atoms with E-state index in [2.05, 4.69) is 19.9 Å². The summed E-state index contributed by atoms with van der Waals surface area (Å²) in [5, 5.41) is 4.46. The van der Waals surface area contributed by atoms with Crippen LogP contribution in [0.4, 0.5) is 4.79 Å². The topological polar surface area (TPSA) is 68.5 Å². The van der Waals surface area contributed by atoms with Crippen molar-refractivity contribution in [2.75, 3.05) is 13.7 Å². The zero-order valence-electron chi connectivity index (χ0n) is 15.5. The molecule has 6 nitrogen and oxygen atoms in total. The molecule has 0 fully saturated rings. The molecule has 3 aromatic rings. The van der Waals surface area contributed by atoms with Crippen LogP contribution in [0.5, 0.6) is 0 Å². The number of amides is 1. The Bertz CT molecular complexity index is 1010. The molecule has 0 saturated carbocycles. The Balaban J connectivity index is 2.04. The van der Waals surface area contributed by atoms with Crippen LogP contribution in [0.1, 0.15) is 18.1 Å². The smallest absolute Gasteiger partial charge is 0.407 e. The van der Waals surface area contributed by atoms with Gasteiger partial charge >= 0.3 is 6.09 Å². The number of carbonyl (C=O) groups excluding carboxylic acids is 1. The first-order valence-corrected chi connectivity index (χ1v) is 8.98. The highest BCUT2D eigenvalue weighted by molar-refractivity contribution is 6.31. The van der Waals surface area contributed by atoms with Crippen LogP contribution < -0.4 is 5.32 Å². The fourth-order valence-electron chi connectivity index (χ4n) is 3.12. The number of hydrogen-bond acceptors (Lipinski definition) is 4. The number of carbonyl (C=O) groups is 1. The summed E-state index contributed by atoms with van der Waals surface area (Å²) >= 11 is 6.19. The van der Waals surface area contributed by atoms with E-state index in [1.165, 1.54) is 0 Å². The first kappa shape index (κ1) is 18.9. The van der Waals surface area contributed by atoms with E-state index in [1.807, 2.05) is 37.5 Å². The summed E-state index contributed by atoms with van der Waals surface area (Å²) < 4.78 is 6.98. The van der Waals surface area contributed by atoms with Gasteiger partial charge in [-0.25, -0.2) is 4.79 Å². The number of ether oxygens (including phenoxy) is 1. The second-order valence-electron chi connectivity index (χ2n) is 6.03. The monoisotopic (exact) mass is 384 g/mol. The Hall–Kier alpha value is -2.86. The van der Waals surface area contributed by atoms with E-state index in [-0.39, 0.29) is 0 Å². The molecule has 1 aromatic carbocycles. The van der Waals surface area contributed by atoms with Crippen molar-refractivity contribution >= 4 is 34.8 Å². The van der Waals surface area contributed by atoms with Gasteiger partial charge in [0.25, 0.3) is 0 Å². The maximum atomic E-state index is 11.5. The maximum absolute atomic E-state index is 11.5. The summed E-state index contributed by atoms with van der Waals surface area (Å²) in [5.74, 6) is 0. The van der Waals surface area contributed by atoms with Crippen LogP contribution in [-0.4, -0.2) is 35.5 Å². The van der Waals surface area contributed by atoms with Gasteiger partial charge in [-0.3, -0.25) is 9.98 Å². The van der Waals surface area contributed by atoms with Crippen molar-refractivity contribution in [1.29, 1.82) is 0 Å². The molecule has 0 aliphatic carbocycles. The third-order valence-electron chi connectivity index (χ3n) is 4.24. The van der Waals surface area contributed by atoms with Gasteiger partial charge in [-0.2, -0.15) is 0 Å². The molecule has 0 radical (unpaired) electrons. The summed E-state index contributed by atoms with van der Waals surface area (Å²) in [6.07, 6.45) is 4.93. The van der Waals surface area contributed by atoms with E-state index in [0.717, 1.165) is 33.3 Å². The molecule has 2 heterocycles. The maximum Gasteiger partial charge on any atom is 0.407 e. The summed E-state index contributed by atoms with van der Waals surface area (Å²) in [6.45, 7) is 2.44. The molecule has 0 aliphatic rings. The van der Waals surface area contributed by atoms with Crippen LogP contribution in [0, 0.1) is 0 Å². The number of pyridine rings is 1. The van der Waals surface area contributed by atoms with Gasteiger partial charge in [0, 0.05) is 60.8 Å². The van der Waals surface area contributed by atoms with E-state index < -0.39 is 6.09 Å². The number of alkyl carbamates (subject to hydrolysis) is 1. The van der Waals surface area contributed by atoms with Gasteiger partial charge in [0.1, 0.15) is 0 Å². The summed E-state index contributed by atoms with van der Waals surface area (Å²) in [7, 11) is 3.74. The zero-order valence-corrected chi connectivity index (χ0v) is 16.2. The lowest BCUT2D eigenvalue weighted by Gasteiger charge is -2.09. The summed E-state index contributed by atoms with van der Waals surface area (Å²) in [4.78, 5) is 20.1. The van der Waals surface area contributed by atoms with Crippen molar-refractivity contribution in [3.63, 3.8) is 0 Å². The van der Waals surface area contributed by atoms with E-state index in [4.69, 9.17) is 16.3 Å². The summed E-state index contributed by atoms with van der Waals surface area (Å²) in [6, 6.07) is 7.81. The van der Waals surface area contributed by atoms with Crippen LogP contribution in [0.15, 0.2) is 41.7 Å². The second-order valence-corrected chi connectivity index (χ2v) is 6.46. The lowest BCUT2D eigenvalue weighted by molar-refractivity contribution is 0.151. The predicted molar refractivity (Wildman–Crippen MR) is 109 cm³/mol. The number of rotatable bonds is 5. The Labute approximate surface area is 162 Å². The van der Waals surface area contributed by atoms with Gasteiger partial charge in [0.05, 0.1) is 17.8 Å². The van der Waals surface area contributed by atoms with Gasteiger partial charge < -0.3 is 14.6 Å². The number of nitrogens with one attached hydrogen (secondary N) is 1. The van der Waals surface area contributed by atoms with Crippen LogP contribution in [0.3, 0.4) is 0 Å². The van der Waals surface area contributed by atoms with Crippen molar-refractivity contribution < 1.29 is 9.53 Å². The van der Waals surface area contributed by atoms with Crippen molar-refractivity contribution in [1.82, 2.24) is 14.9 Å². The van der Waals surface area contributed by atoms with Gasteiger partial charge in [-0.1, -0.05) is 17.7 Å². The van der Waals surface area contributed by atoms with Crippen molar-refractivity contribution in [2.45, 2.75) is 13.5 Å². The molecule has 27 heavy (non-hydrogen) atoms. The molecule has 1 amide bonds. The molecular formula is C20H21ClN4O2. The minimum absolute atomic E-state index is 0.336. The number of nitrogens with zero attached hydrogens (tertiary/aromatic N) is 3. The number of fused-ring (bicyclic) bond motifs is 1. The number of benzene rings is 1. The molecule has 0 saturated heterocycles. The number of halogens is 1. The average Bonchev–Trinajstić information content (AvgIpc) is 2.92. The van der Waals surface area contributed by atoms with Crippen LogP contribution >= 0.6 is 11.6 Å². The van der Waals surface area contributed by atoms with E-state index in [1.54, 1.807) is 26.4 Å². The molecule has 1 N–H and O–H groups in total. The van der Waals surface area contributed by atoms with E-state index >= 15 is 0 Å². The standard InChI is InChI=1S/C20H21ClN4O2/c1-4-27-20(26)24-10-13-7-14(11-23-9-13)19-17(12-22-2)16-6-5-15(21)8-18(16)25(19)3/h5-9,11-12H,4,10H2,1-3H3,(H,24,26)/b22-12-. The van der Waals surface area contributed by atoms with Gasteiger partial charge in [-0.05, 0) is 30.7 Å². The highest BCUT2D eigenvalue weighted by Crippen LogP contribution is 2.33. The Kier molecular flexibility index (Phi) is 5.76. The molecule has 0 spiro atoms. The normalized spacial score (nSPS) is 11.3. The minimum atomic E-state index is -0.444. The zero-order chi connectivity index (χ0) is 19.4. The third kappa shape index (κ3) is 3.95. The van der Waals surface area contributed by atoms with Gasteiger partial charge in [-0.15, -0.1) is 0 Å². The lowest BCUT2D eigenvalue weighted by atomic mass is 10.1. The van der Waals surface area contributed by atoms with Crippen molar-refractivity contribution in [3.05, 3.63) is 52.8 Å². The third-order valence-corrected chi connectivity index (χ3v) is 4.48. The van der Waals surface area contributed by atoms with E-state index in [0.29, 0.717) is 18.2 Å². The molecule has 3 rings (SSSR count). The summed E-state index contributed by atoms with van der Waals surface area (Å²) in [5.41, 5.74) is 4.82. The second kappa shape index (κ2) is 8.22. The number of aryl methyl sites for hydroxylation is 1. The molecule has 140 valence electrons. The molecule has 0 unspecified atom stereocenters. The van der Waals surface area contributed by atoms with E-state index in [9.17, 15) is 4.79 Å². The first-order valence-electron chi connectivity index (χ1n) is 8.60. The highest BCUT2D eigenvalue weighted by atomic mass is 35.5.